The van der Waals surface area contributed by atoms with Crippen LogP contribution < -0.4 is 4.72 Å². The summed E-state index contributed by atoms with van der Waals surface area (Å²) >= 11 is 1.71. The van der Waals surface area contributed by atoms with E-state index in [-0.39, 0.29) is 11.8 Å². The summed E-state index contributed by atoms with van der Waals surface area (Å²) in [6.07, 6.45) is 5.45. The molecule has 0 spiro atoms. The maximum absolute atomic E-state index is 11.9. The van der Waals surface area contributed by atoms with Crippen LogP contribution in [0.25, 0.3) is 10.2 Å². The second-order valence-electron chi connectivity index (χ2n) is 5.95. The molecule has 0 amide bonds. The van der Waals surface area contributed by atoms with Crippen molar-refractivity contribution in [3.8, 4) is 0 Å². The van der Waals surface area contributed by atoms with Crippen molar-refractivity contribution >= 4 is 31.6 Å². The number of aromatic nitrogens is 1. The lowest BCUT2D eigenvalue weighted by Crippen LogP contribution is -2.22. The van der Waals surface area contributed by atoms with E-state index in [1.165, 1.54) is 22.9 Å². The van der Waals surface area contributed by atoms with Gasteiger partial charge in [-0.05, 0) is 44.0 Å². The Morgan fingerprint density at radius 3 is 2.52 bits per heavy atom. The van der Waals surface area contributed by atoms with E-state index >= 15 is 0 Å². The molecule has 1 aliphatic rings. The Morgan fingerprint density at radius 2 is 1.91 bits per heavy atom. The maximum Gasteiger partial charge on any atom is 0.239 e. The molecule has 2 unspecified atom stereocenters. The number of benzene rings is 1. The molecule has 2 atom stereocenters. The predicted molar refractivity (Wildman–Crippen MR) is 96.2 cm³/mol. The van der Waals surface area contributed by atoms with Crippen LogP contribution in [0.2, 0.25) is 0 Å². The van der Waals surface area contributed by atoms with Gasteiger partial charge in [-0.2, -0.15) is 0 Å². The van der Waals surface area contributed by atoms with Gasteiger partial charge in [0.2, 0.25) is 10.0 Å². The van der Waals surface area contributed by atoms with Crippen LogP contribution in [0.1, 0.15) is 29.0 Å². The van der Waals surface area contributed by atoms with Gasteiger partial charge in [0, 0.05) is 5.92 Å². The number of allylic oxidation sites excluding steroid dienone is 3. The Labute approximate surface area is 141 Å². The molecular formula is C17H20N2O2S2. The van der Waals surface area contributed by atoms with E-state index in [2.05, 4.69) is 30.7 Å². The summed E-state index contributed by atoms with van der Waals surface area (Å²) in [7, 11) is -1.96. The molecule has 3 rings (SSSR count). The monoisotopic (exact) mass is 348 g/mol. The molecule has 0 fully saturated rings. The molecule has 0 saturated carbocycles. The lowest BCUT2D eigenvalue weighted by Gasteiger charge is -2.20. The van der Waals surface area contributed by atoms with Crippen molar-refractivity contribution in [2.45, 2.75) is 26.7 Å². The highest BCUT2D eigenvalue weighted by atomic mass is 32.2. The van der Waals surface area contributed by atoms with Crippen LogP contribution in [0, 0.1) is 19.8 Å². The number of rotatable bonds is 3. The fourth-order valence-corrected chi connectivity index (χ4v) is 5.01. The zero-order chi connectivity index (χ0) is 16.8. The normalized spacial score (nSPS) is 21.7. The molecule has 0 saturated heterocycles. The molecule has 1 aliphatic carbocycles. The van der Waals surface area contributed by atoms with Crippen LogP contribution in [0.15, 0.2) is 35.3 Å². The molecule has 6 heteroatoms. The SMILES string of the molecule is CNS(=O)(=O)C1=CC(C)C(c2nc3c(C)ccc(C)c3s2)C=C1. The van der Waals surface area contributed by atoms with Gasteiger partial charge in [0.25, 0.3) is 0 Å². The summed E-state index contributed by atoms with van der Waals surface area (Å²) in [5.41, 5.74) is 3.47. The van der Waals surface area contributed by atoms with E-state index in [4.69, 9.17) is 4.98 Å². The van der Waals surface area contributed by atoms with Crippen molar-refractivity contribution in [3.05, 3.63) is 51.4 Å². The first kappa shape index (κ1) is 16.4. The first-order chi connectivity index (χ1) is 10.8. The molecule has 1 aromatic heterocycles. The van der Waals surface area contributed by atoms with Crippen molar-refractivity contribution in [2.24, 2.45) is 5.92 Å². The van der Waals surface area contributed by atoms with Gasteiger partial charge in [-0.3, -0.25) is 0 Å². The van der Waals surface area contributed by atoms with E-state index in [9.17, 15) is 8.42 Å². The second-order valence-corrected chi connectivity index (χ2v) is 8.87. The highest BCUT2D eigenvalue weighted by molar-refractivity contribution is 7.93. The van der Waals surface area contributed by atoms with Gasteiger partial charge >= 0.3 is 0 Å². The average molecular weight is 348 g/mol. The van der Waals surface area contributed by atoms with Gasteiger partial charge in [0.1, 0.15) is 5.01 Å². The molecule has 4 nitrogen and oxygen atoms in total. The van der Waals surface area contributed by atoms with Crippen LogP contribution in [0.5, 0.6) is 0 Å². The van der Waals surface area contributed by atoms with E-state index in [0.29, 0.717) is 4.91 Å². The van der Waals surface area contributed by atoms with Gasteiger partial charge in [0.15, 0.2) is 0 Å². The van der Waals surface area contributed by atoms with Gasteiger partial charge in [0.05, 0.1) is 15.1 Å². The maximum atomic E-state index is 11.9. The van der Waals surface area contributed by atoms with Crippen LogP contribution in [0.4, 0.5) is 0 Å². The van der Waals surface area contributed by atoms with Gasteiger partial charge in [-0.1, -0.05) is 31.2 Å². The third kappa shape index (κ3) is 2.86. The minimum atomic E-state index is -3.39. The summed E-state index contributed by atoms with van der Waals surface area (Å²) in [5, 5.41) is 1.04. The number of aryl methyl sites for hydroxylation is 2. The number of nitrogens with one attached hydrogen (secondary N) is 1. The zero-order valence-electron chi connectivity index (χ0n) is 13.6. The quantitative estimate of drug-likeness (QED) is 0.921. The summed E-state index contributed by atoms with van der Waals surface area (Å²) in [6, 6.07) is 4.22. The number of nitrogens with zero attached hydrogens (tertiary/aromatic N) is 1. The Morgan fingerprint density at radius 1 is 1.22 bits per heavy atom. The lowest BCUT2D eigenvalue weighted by molar-refractivity contribution is 0.590. The number of thiazole rings is 1. The average Bonchev–Trinajstić information content (AvgIpc) is 2.97. The van der Waals surface area contributed by atoms with Gasteiger partial charge in [-0.15, -0.1) is 11.3 Å². The minimum absolute atomic E-state index is 0.0827. The van der Waals surface area contributed by atoms with Crippen LogP contribution in [-0.2, 0) is 10.0 Å². The fourth-order valence-electron chi connectivity index (χ4n) is 2.81. The number of hydrogen-bond acceptors (Lipinski definition) is 4. The van der Waals surface area contributed by atoms with Gasteiger partial charge < -0.3 is 0 Å². The van der Waals surface area contributed by atoms with Crippen molar-refractivity contribution in [3.63, 3.8) is 0 Å². The number of hydrogen-bond donors (Lipinski definition) is 1. The van der Waals surface area contributed by atoms with E-state index < -0.39 is 10.0 Å². The number of fused-ring (bicyclic) bond motifs is 1. The topological polar surface area (TPSA) is 59.1 Å². The Hall–Kier alpha value is -1.50. The summed E-state index contributed by atoms with van der Waals surface area (Å²) in [6.45, 7) is 6.20. The largest absolute Gasteiger partial charge is 0.240 e. The highest BCUT2D eigenvalue weighted by Gasteiger charge is 2.26. The Balaban J connectivity index is 2.01. The molecule has 1 heterocycles. The molecule has 0 bridgehead atoms. The van der Waals surface area contributed by atoms with Crippen molar-refractivity contribution in [1.82, 2.24) is 9.71 Å². The highest BCUT2D eigenvalue weighted by Crippen LogP contribution is 2.38. The van der Waals surface area contributed by atoms with Crippen LogP contribution in [0.3, 0.4) is 0 Å². The first-order valence-electron chi connectivity index (χ1n) is 7.53. The van der Waals surface area contributed by atoms with Crippen molar-refractivity contribution in [2.75, 3.05) is 7.05 Å². The first-order valence-corrected chi connectivity index (χ1v) is 9.83. The van der Waals surface area contributed by atoms with E-state index in [1.807, 2.05) is 19.1 Å². The lowest BCUT2D eigenvalue weighted by atomic mass is 9.90. The summed E-state index contributed by atoms with van der Waals surface area (Å²) < 4.78 is 27.4. The third-order valence-electron chi connectivity index (χ3n) is 4.28. The molecule has 0 aliphatic heterocycles. The molecular weight excluding hydrogens is 328 g/mol. The van der Waals surface area contributed by atoms with Crippen LogP contribution >= 0.6 is 11.3 Å². The Bertz CT molecular complexity index is 884. The predicted octanol–water partition coefficient (Wildman–Crippen LogP) is 3.64. The van der Waals surface area contributed by atoms with E-state index in [1.54, 1.807) is 17.4 Å². The summed E-state index contributed by atoms with van der Waals surface area (Å²) in [4.78, 5) is 5.16. The molecule has 122 valence electrons. The standard InChI is InChI=1S/C17H20N2O2S2/c1-10-5-6-11(2)16-15(10)19-17(22-16)14-8-7-13(9-12(14)3)23(20,21)18-4/h5-9,12,14,18H,1-4H3. The summed E-state index contributed by atoms with van der Waals surface area (Å²) in [5.74, 6) is 0.196. The molecule has 0 radical (unpaired) electrons. The second kappa shape index (κ2) is 5.85. The van der Waals surface area contributed by atoms with Crippen molar-refractivity contribution < 1.29 is 8.42 Å². The smallest absolute Gasteiger partial charge is 0.239 e. The Kier molecular flexibility index (Phi) is 4.16. The molecule has 1 aromatic carbocycles. The van der Waals surface area contributed by atoms with Gasteiger partial charge in [-0.25, -0.2) is 18.1 Å². The number of sulfonamides is 1. The molecule has 1 N–H and O–H groups in total. The minimum Gasteiger partial charge on any atom is -0.240 e. The third-order valence-corrected chi connectivity index (χ3v) is 7.01. The molecule has 23 heavy (non-hydrogen) atoms. The molecule has 2 aromatic rings. The van der Waals surface area contributed by atoms with Crippen LogP contribution in [-0.4, -0.2) is 20.4 Å². The van der Waals surface area contributed by atoms with E-state index in [0.717, 1.165) is 10.5 Å². The fraction of sp³-hybridized carbons (Fsp3) is 0.353. The van der Waals surface area contributed by atoms with Crippen molar-refractivity contribution in [1.29, 1.82) is 0 Å². The zero-order valence-corrected chi connectivity index (χ0v) is 15.3.